The summed E-state index contributed by atoms with van der Waals surface area (Å²) in [6.45, 7) is 4.26. The molecule has 0 saturated carbocycles. The second-order valence-electron chi connectivity index (χ2n) is 7.20. The minimum atomic E-state index is -0.412. The largest absolute Gasteiger partial charge is 0.336 e. The van der Waals surface area contributed by atoms with E-state index in [2.05, 4.69) is 22.5 Å². The number of likely N-dealkylation sites (tertiary alicyclic amines) is 1. The first kappa shape index (κ1) is 20.5. The maximum atomic E-state index is 13.0. The third-order valence-electron chi connectivity index (χ3n) is 5.04. The van der Waals surface area contributed by atoms with Crippen LogP contribution in [0.4, 0.5) is 11.4 Å². The summed E-state index contributed by atoms with van der Waals surface area (Å²) in [6.07, 6.45) is 5.58. The number of hydrogen-bond donors (Lipinski definition) is 2. The number of carbonyl (C=O) groups excluding carboxylic acids is 3. The predicted octanol–water partition coefficient (Wildman–Crippen LogP) is 3.70. The van der Waals surface area contributed by atoms with Gasteiger partial charge in [0, 0.05) is 42.6 Å². The number of aromatic nitrogens is 1. The van der Waals surface area contributed by atoms with Crippen LogP contribution < -0.4 is 10.6 Å². The van der Waals surface area contributed by atoms with Gasteiger partial charge in [-0.3, -0.25) is 19.4 Å². The molecule has 1 unspecified atom stereocenters. The van der Waals surface area contributed by atoms with E-state index in [4.69, 9.17) is 0 Å². The number of anilines is 2. The fraction of sp³-hybridized carbons (Fsp3) is 0.364. The van der Waals surface area contributed by atoms with Gasteiger partial charge in [-0.2, -0.15) is 0 Å². The van der Waals surface area contributed by atoms with Gasteiger partial charge in [0.25, 0.3) is 11.8 Å². The molecule has 0 aliphatic carbocycles. The molecule has 7 heteroatoms. The van der Waals surface area contributed by atoms with E-state index >= 15 is 0 Å². The summed E-state index contributed by atoms with van der Waals surface area (Å²) < 4.78 is 0. The zero-order valence-electron chi connectivity index (χ0n) is 16.8. The molecule has 0 spiro atoms. The Bertz CT molecular complexity index is 912. The lowest BCUT2D eigenvalue weighted by atomic mass is 9.99. The van der Waals surface area contributed by atoms with Gasteiger partial charge in [0.1, 0.15) is 5.69 Å². The highest BCUT2D eigenvalue weighted by molar-refractivity contribution is 6.05. The van der Waals surface area contributed by atoms with Crippen molar-refractivity contribution < 1.29 is 14.4 Å². The first-order chi connectivity index (χ1) is 14.0. The average Bonchev–Trinajstić information content (AvgIpc) is 2.73. The molecule has 0 radical (unpaired) electrons. The van der Waals surface area contributed by atoms with Crippen molar-refractivity contribution in [2.24, 2.45) is 0 Å². The molecule has 2 N–H and O–H groups in total. The van der Waals surface area contributed by atoms with Crippen LogP contribution >= 0.6 is 0 Å². The monoisotopic (exact) mass is 394 g/mol. The van der Waals surface area contributed by atoms with E-state index in [-0.39, 0.29) is 23.6 Å². The lowest BCUT2D eigenvalue weighted by molar-refractivity contribution is -0.114. The van der Waals surface area contributed by atoms with Crippen molar-refractivity contribution in [3.8, 4) is 0 Å². The van der Waals surface area contributed by atoms with Gasteiger partial charge >= 0.3 is 0 Å². The molecule has 7 nitrogen and oxygen atoms in total. The summed E-state index contributed by atoms with van der Waals surface area (Å²) in [4.78, 5) is 42.8. The van der Waals surface area contributed by atoms with E-state index in [0.29, 0.717) is 16.9 Å². The summed E-state index contributed by atoms with van der Waals surface area (Å²) in [5.41, 5.74) is 1.76. The van der Waals surface area contributed by atoms with Crippen molar-refractivity contribution >= 4 is 29.1 Å². The van der Waals surface area contributed by atoms with E-state index in [9.17, 15) is 14.4 Å². The Kier molecular flexibility index (Phi) is 6.59. The number of amides is 3. The van der Waals surface area contributed by atoms with Crippen molar-refractivity contribution in [2.75, 3.05) is 17.2 Å². The maximum absolute atomic E-state index is 13.0. The minimum Gasteiger partial charge on any atom is -0.336 e. The zero-order chi connectivity index (χ0) is 20.8. The number of hydrogen-bond acceptors (Lipinski definition) is 4. The topological polar surface area (TPSA) is 91.4 Å². The standard InChI is InChI=1S/C22H26N4O3/c1-3-19-9-4-5-12-26(19)22(29)16-10-11-23-20(13-16)21(28)25-18-8-6-7-17(14-18)24-15(2)27/h6-8,10-11,13-14,19H,3-5,9,12H2,1-2H3,(H,24,27)(H,25,28). The average molecular weight is 394 g/mol. The van der Waals surface area contributed by atoms with Crippen molar-refractivity contribution in [1.29, 1.82) is 0 Å². The van der Waals surface area contributed by atoms with Crippen molar-refractivity contribution in [3.63, 3.8) is 0 Å². The SMILES string of the molecule is CCC1CCCCN1C(=O)c1ccnc(C(=O)Nc2cccc(NC(C)=O)c2)c1. The highest BCUT2D eigenvalue weighted by Gasteiger charge is 2.26. The number of nitrogens with one attached hydrogen (secondary N) is 2. The number of rotatable bonds is 5. The summed E-state index contributed by atoms with van der Waals surface area (Å²) in [5, 5.41) is 5.43. The van der Waals surface area contributed by atoms with Gasteiger partial charge in [-0.1, -0.05) is 13.0 Å². The van der Waals surface area contributed by atoms with Crippen molar-refractivity contribution in [3.05, 3.63) is 53.9 Å². The first-order valence-corrected chi connectivity index (χ1v) is 9.94. The van der Waals surface area contributed by atoms with Gasteiger partial charge in [-0.15, -0.1) is 0 Å². The van der Waals surface area contributed by atoms with E-state index in [1.54, 1.807) is 30.3 Å². The Hall–Kier alpha value is -3.22. The van der Waals surface area contributed by atoms with Crippen molar-refractivity contribution in [2.45, 2.75) is 45.6 Å². The molecule has 3 rings (SSSR count). The van der Waals surface area contributed by atoms with Crippen molar-refractivity contribution in [1.82, 2.24) is 9.88 Å². The van der Waals surface area contributed by atoms with Gasteiger partial charge in [-0.25, -0.2) is 0 Å². The minimum absolute atomic E-state index is 0.0549. The molecular weight excluding hydrogens is 368 g/mol. The number of piperidine rings is 1. The lowest BCUT2D eigenvalue weighted by Crippen LogP contribution is -2.43. The Morgan fingerprint density at radius 2 is 1.86 bits per heavy atom. The molecule has 1 aliphatic heterocycles. The molecule has 1 saturated heterocycles. The molecule has 29 heavy (non-hydrogen) atoms. The van der Waals surface area contributed by atoms with Gasteiger partial charge in [-0.05, 0) is 56.0 Å². The van der Waals surface area contributed by atoms with Crippen LogP contribution in [-0.2, 0) is 4.79 Å². The normalized spacial score (nSPS) is 16.2. The van der Waals surface area contributed by atoms with Crippen LogP contribution in [0.25, 0.3) is 0 Å². The predicted molar refractivity (Wildman–Crippen MR) is 112 cm³/mol. The Labute approximate surface area is 170 Å². The third-order valence-corrected chi connectivity index (χ3v) is 5.04. The fourth-order valence-electron chi connectivity index (χ4n) is 3.62. The quantitative estimate of drug-likeness (QED) is 0.809. The first-order valence-electron chi connectivity index (χ1n) is 9.94. The lowest BCUT2D eigenvalue weighted by Gasteiger charge is -2.35. The molecule has 2 aromatic rings. The highest BCUT2D eigenvalue weighted by atomic mass is 16.2. The second kappa shape index (κ2) is 9.32. The Morgan fingerprint density at radius 1 is 1.10 bits per heavy atom. The van der Waals surface area contributed by atoms with Crippen LogP contribution in [0, 0.1) is 0 Å². The number of carbonyl (C=O) groups is 3. The molecule has 0 bridgehead atoms. The van der Waals surface area contributed by atoms with Crippen LogP contribution in [0.15, 0.2) is 42.6 Å². The smallest absolute Gasteiger partial charge is 0.274 e. The summed E-state index contributed by atoms with van der Waals surface area (Å²) in [6, 6.07) is 10.3. The van der Waals surface area contributed by atoms with Crippen LogP contribution in [0.3, 0.4) is 0 Å². The second-order valence-corrected chi connectivity index (χ2v) is 7.20. The Balaban J connectivity index is 1.74. The molecular formula is C22H26N4O3. The fourth-order valence-corrected chi connectivity index (χ4v) is 3.62. The van der Waals surface area contributed by atoms with E-state index in [1.165, 1.54) is 19.2 Å². The third kappa shape index (κ3) is 5.19. The number of benzene rings is 1. The molecule has 1 atom stereocenters. The molecule has 1 aliphatic rings. The molecule has 1 aromatic heterocycles. The van der Waals surface area contributed by atoms with Gasteiger partial charge in [0.05, 0.1) is 0 Å². The Morgan fingerprint density at radius 3 is 2.59 bits per heavy atom. The van der Waals surface area contributed by atoms with Crippen LogP contribution in [0.1, 0.15) is 60.4 Å². The highest BCUT2D eigenvalue weighted by Crippen LogP contribution is 2.22. The molecule has 1 aromatic carbocycles. The van der Waals surface area contributed by atoms with Gasteiger partial charge < -0.3 is 15.5 Å². The molecule has 1 fully saturated rings. The van der Waals surface area contributed by atoms with Crippen LogP contribution in [0.2, 0.25) is 0 Å². The molecule has 2 heterocycles. The number of pyridine rings is 1. The van der Waals surface area contributed by atoms with Crippen LogP contribution in [-0.4, -0.2) is 40.2 Å². The van der Waals surface area contributed by atoms with E-state index in [1.807, 2.05) is 4.90 Å². The summed E-state index contributed by atoms with van der Waals surface area (Å²) in [7, 11) is 0. The van der Waals surface area contributed by atoms with Crippen LogP contribution in [0.5, 0.6) is 0 Å². The number of nitrogens with zero attached hydrogens (tertiary/aromatic N) is 2. The van der Waals surface area contributed by atoms with E-state index in [0.717, 1.165) is 32.2 Å². The molecule has 3 amide bonds. The molecule has 152 valence electrons. The van der Waals surface area contributed by atoms with Gasteiger partial charge in [0.2, 0.25) is 5.91 Å². The van der Waals surface area contributed by atoms with E-state index < -0.39 is 5.91 Å². The summed E-state index contributed by atoms with van der Waals surface area (Å²) in [5.74, 6) is -0.657. The van der Waals surface area contributed by atoms with Gasteiger partial charge in [0.15, 0.2) is 0 Å². The maximum Gasteiger partial charge on any atom is 0.274 e. The zero-order valence-corrected chi connectivity index (χ0v) is 16.8. The summed E-state index contributed by atoms with van der Waals surface area (Å²) >= 11 is 0.